The van der Waals surface area contributed by atoms with Gasteiger partial charge in [0, 0.05) is 17.2 Å². The summed E-state index contributed by atoms with van der Waals surface area (Å²) in [5, 5.41) is 3.83. The van der Waals surface area contributed by atoms with Crippen LogP contribution < -0.4 is 5.32 Å². The number of nitrogens with zero attached hydrogens (tertiary/aromatic N) is 1. The fourth-order valence-corrected chi connectivity index (χ4v) is 2.26. The molecule has 1 aromatic carbocycles. The molecule has 1 N–H and O–H groups in total. The maximum Gasteiger partial charge on any atom is 0.152 e. The van der Waals surface area contributed by atoms with E-state index in [2.05, 4.69) is 32.3 Å². The Labute approximate surface area is 114 Å². The second kappa shape index (κ2) is 5.52. The minimum Gasteiger partial charge on any atom is -0.378 e. The lowest BCUT2D eigenvalue weighted by Crippen LogP contribution is -2.03. The zero-order valence-electron chi connectivity index (χ0n) is 9.37. The van der Waals surface area contributed by atoms with Crippen LogP contribution in [0.15, 0.2) is 41.0 Å². The summed E-state index contributed by atoms with van der Waals surface area (Å²) >= 11 is 9.57. The molecule has 0 unspecified atom stereocenters. The first-order valence-corrected chi connectivity index (χ1v) is 6.44. The van der Waals surface area contributed by atoms with Crippen molar-refractivity contribution in [2.75, 3.05) is 5.32 Å². The molecule has 0 aliphatic carbocycles. The number of aryl methyl sites for hydroxylation is 1. The second-order valence-corrected chi connectivity index (χ2v) is 4.95. The number of hydrogen-bond acceptors (Lipinski definition) is 2. The third-order valence-electron chi connectivity index (χ3n) is 2.53. The van der Waals surface area contributed by atoms with E-state index in [1.165, 1.54) is 5.56 Å². The van der Waals surface area contributed by atoms with Gasteiger partial charge in [-0.1, -0.05) is 45.7 Å². The first kappa shape index (κ1) is 12.4. The number of aromatic nitrogens is 1. The van der Waals surface area contributed by atoms with Crippen molar-refractivity contribution >= 4 is 33.2 Å². The van der Waals surface area contributed by atoms with Gasteiger partial charge >= 0.3 is 0 Å². The molecular formula is C13H12BrClN2. The lowest BCUT2D eigenvalue weighted by atomic mass is 10.2. The van der Waals surface area contributed by atoms with E-state index in [0.717, 1.165) is 15.7 Å². The quantitative estimate of drug-likeness (QED) is 0.849. The van der Waals surface area contributed by atoms with Gasteiger partial charge in [-0.05, 0) is 30.2 Å². The minimum atomic E-state index is 0.511. The molecule has 0 aliphatic heterocycles. The van der Waals surface area contributed by atoms with Crippen molar-refractivity contribution in [1.82, 2.24) is 4.98 Å². The van der Waals surface area contributed by atoms with Crippen LogP contribution in [-0.2, 0) is 6.54 Å². The van der Waals surface area contributed by atoms with Crippen LogP contribution in [0.4, 0.5) is 5.69 Å². The number of halogens is 2. The van der Waals surface area contributed by atoms with Gasteiger partial charge in [0.05, 0.1) is 5.69 Å². The highest BCUT2D eigenvalue weighted by atomic mass is 79.9. The average Bonchev–Trinajstić information content (AvgIpc) is 2.30. The van der Waals surface area contributed by atoms with Crippen molar-refractivity contribution < 1.29 is 0 Å². The Morgan fingerprint density at radius 1 is 1.29 bits per heavy atom. The number of rotatable bonds is 3. The maximum atomic E-state index is 6.05. The highest BCUT2D eigenvalue weighted by Gasteiger charge is 2.05. The number of benzene rings is 1. The average molecular weight is 312 g/mol. The smallest absolute Gasteiger partial charge is 0.152 e. The Morgan fingerprint density at radius 3 is 2.76 bits per heavy atom. The van der Waals surface area contributed by atoms with Gasteiger partial charge in [-0.2, -0.15) is 0 Å². The maximum absolute atomic E-state index is 6.05. The largest absolute Gasteiger partial charge is 0.378 e. The van der Waals surface area contributed by atoms with Gasteiger partial charge in [0.15, 0.2) is 5.15 Å². The third-order valence-corrected chi connectivity index (χ3v) is 3.59. The third kappa shape index (κ3) is 2.99. The fraction of sp³-hybridized carbons (Fsp3) is 0.154. The molecule has 0 atom stereocenters. The number of hydrogen-bond donors (Lipinski definition) is 1. The van der Waals surface area contributed by atoms with Gasteiger partial charge in [0.2, 0.25) is 0 Å². The van der Waals surface area contributed by atoms with Crippen LogP contribution in [0.25, 0.3) is 0 Å². The van der Waals surface area contributed by atoms with Crippen molar-refractivity contribution in [2.24, 2.45) is 0 Å². The van der Waals surface area contributed by atoms with Crippen molar-refractivity contribution in [1.29, 1.82) is 0 Å². The van der Waals surface area contributed by atoms with Gasteiger partial charge in [-0.25, -0.2) is 4.98 Å². The summed E-state index contributed by atoms with van der Waals surface area (Å²) in [6.45, 7) is 2.73. The summed E-state index contributed by atoms with van der Waals surface area (Å²) in [7, 11) is 0. The molecule has 1 aromatic heterocycles. The van der Waals surface area contributed by atoms with Crippen LogP contribution in [-0.4, -0.2) is 4.98 Å². The van der Waals surface area contributed by atoms with Crippen molar-refractivity contribution in [3.8, 4) is 0 Å². The summed E-state index contributed by atoms with van der Waals surface area (Å²) in [6, 6.07) is 10.0. The zero-order chi connectivity index (χ0) is 12.3. The molecule has 0 aliphatic rings. The molecule has 88 valence electrons. The minimum absolute atomic E-state index is 0.511. The van der Waals surface area contributed by atoms with Crippen LogP contribution in [0, 0.1) is 6.92 Å². The monoisotopic (exact) mass is 310 g/mol. The Bertz CT molecular complexity index is 508. The number of nitrogens with one attached hydrogen (secondary N) is 1. The molecule has 0 amide bonds. The Morgan fingerprint density at radius 2 is 2.06 bits per heavy atom. The fourth-order valence-electron chi connectivity index (χ4n) is 1.56. The molecule has 2 nitrogen and oxygen atoms in total. The van der Waals surface area contributed by atoms with Gasteiger partial charge in [0.1, 0.15) is 0 Å². The van der Waals surface area contributed by atoms with E-state index in [4.69, 9.17) is 11.6 Å². The zero-order valence-corrected chi connectivity index (χ0v) is 11.7. The molecule has 4 heteroatoms. The summed E-state index contributed by atoms with van der Waals surface area (Å²) in [4.78, 5) is 4.07. The standard InChI is InChI=1S/C13H12BrClN2/c1-9-6-7-16-13(15)12(9)17-8-10-4-2-3-5-11(10)14/h2-7,17H,8H2,1H3. The molecule has 2 rings (SSSR count). The number of anilines is 1. The number of pyridine rings is 1. The molecule has 0 saturated heterocycles. The molecule has 0 spiro atoms. The van der Waals surface area contributed by atoms with E-state index in [1.807, 2.05) is 31.2 Å². The normalized spacial score (nSPS) is 10.3. The predicted octanol–water partition coefficient (Wildman–Crippen LogP) is 4.42. The molecule has 2 aromatic rings. The first-order valence-electron chi connectivity index (χ1n) is 5.27. The van der Waals surface area contributed by atoms with Crippen LogP contribution in [0.5, 0.6) is 0 Å². The van der Waals surface area contributed by atoms with E-state index in [0.29, 0.717) is 11.7 Å². The lowest BCUT2D eigenvalue weighted by molar-refractivity contribution is 1.11. The van der Waals surface area contributed by atoms with Crippen molar-refractivity contribution in [3.05, 3.63) is 57.3 Å². The molecular weight excluding hydrogens is 300 g/mol. The van der Waals surface area contributed by atoms with Crippen LogP contribution >= 0.6 is 27.5 Å². The lowest BCUT2D eigenvalue weighted by Gasteiger charge is -2.11. The van der Waals surface area contributed by atoms with Gasteiger partial charge in [-0.3, -0.25) is 0 Å². The Hall–Kier alpha value is -1.06. The van der Waals surface area contributed by atoms with Crippen LogP contribution in [0.1, 0.15) is 11.1 Å². The van der Waals surface area contributed by atoms with Crippen molar-refractivity contribution in [2.45, 2.75) is 13.5 Å². The summed E-state index contributed by atoms with van der Waals surface area (Å²) in [5.74, 6) is 0. The van der Waals surface area contributed by atoms with E-state index in [9.17, 15) is 0 Å². The topological polar surface area (TPSA) is 24.9 Å². The highest BCUT2D eigenvalue weighted by molar-refractivity contribution is 9.10. The molecule has 17 heavy (non-hydrogen) atoms. The predicted molar refractivity (Wildman–Crippen MR) is 75.5 cm³/mol. The second-order valence-electron chi connectivity index (χ2n) is 3.74. The van der Waals surface area contributed by atoms with E-state index in [1.54, 1.807) is 6.20 Å². The molecule has 0 bridgehead atoms. The first-order chi connectivity index (χ1) is 8.18. The Balaban J connectivity index is 2.16. The summed E-state index contributed by atoms with van der Waals surface area (Å²) in [5.41, 5.74) is 3.17. The van der Waals surface area contributed by atoms with E-state index in [-0.39, 0.29) is 0 Å². The Kier molecular flexibility index (Phi) is 4.02. The SMILES string of the molecule is Cc1ccnc(Cl)c1NCc1ccccc1Br. The molecule has 0 fully saturated rings. The van der Waals surface area contributed by atoms with E-state index < -0.39 is 0 Å². The van der Waals surface area contributed by atoms with Crippen LogP contribution in [0.3, 0.4) is 0 Å². The summed E-state index contributed by atoms with van der Waals surface area (Å²) in [6.07, 6.45) is 1.71. The molecule has 1 heterocycles. The molecule has 0 radical (unpaired) electrons. The van der Waals surface area contributed by atoms with Gasteiger partial charge in [0.25, 0.3) is 0 Å². The van der Waals surface area contributed by atoms with E-state index >= 15 is 0 Å². The van der Waals surface area contributed by atoms with Gasteiger partial charge in [-0.15, -0.1) is 0 Å². The van der Waals surface area contributed by atoms with Gasteiger partial charge < -0.3 is 5.32 Å². The van der Waals surface area contributed by atoms with Crippen LogP contribution in [0.2, 0.25) is 5.15 Å². The molecule has 0 saturated carbocycles. The highest BCUT2D eigenvalue weighted by Crippen LogP contribution is 2.24. The summed E-state index contributed by atoms with van der Waals surface area (Å²) < 4.78 is 1.09. The van der Waals surface area contributed by atoms with Crippen molar-refractivity contribution in [3.63, 3.8) is 0 Å².